The van der Waals surface area contributed by atoms with E-state index >= 15 is 0 Å². The molecule has 1 aliphatic rings. The number of hydrogen-bond donors (Lipinski definition) is 1. The fourth-order valence-electron chi connectivity index (χ4n) is 2.86. The maximum Gasteiger partial charge on any atom is 0.185 e. The van der Waals surface area contributed by atoms with Gasteiger partial charge in [0.25, 0.3) is 0 Å². The summed E-state index contributed by atoms with van der Waals surface area (Å²) in [5.74, 6) is 0.880. The van der Waals surface area contributed by atoms with E-state index in [0.29, 0.717) is 6.61 Å². The van der Waals surface area contributed by atoms with E-state index in [2.05, 4.69) is 39.9 Å². The summed E-state index contributed by atoms with van der Waals surface area (Å²) in [6.07, 6.45) is 0. The van der Waals surface area contributed by atoms with Gasteiger partial charge < -0.3 is 15.0 Å². The summed E-state index contributed by atoms with van der Waals surface area (Å²) in [7, 11) is 0. The van der Waals surface area contributed by atoms with Crippen molar-refractivity contribution >= 4 is 16.5 Å². The van der Waals surface area contributed by atoms with E-state index in [1.807, 2.05) is 30.3 Å². The van der Waals surface area contributed by atoms with Gasteiger partial charge in [0, 0.05) is 37.1 Å². The molecule has 1 aliphatic heterocycles. The van der Waals surface area contributed by atoms with E-state index in [1.54, 1.807) is 11.3 Å². The van der Waals surface area contributed by atoms with Gasteiger partial charge in [-0.2, -0.15) is 0 Å². The lowest BCUT2D eigenvalue weighted by Gasteiger charge is -2.26. The fraction of sp³-hybridized carbons (Fsp3) is 0.250. The molecule has 0 radical (unpaired) electrons. The first kappa shape index (κ1) is 16.1. The molecule has 2 heterocycles. The van der Waals surface area contributed by atoms with E-state index < -0.39 is 0 Å². The van der Waals surface area contributed by atoms with Crippen molar-refractivity contribution in [2.75, 3.05) is 31.1 Å². The number of piperazine rings is 1. The predicted molar refractivity (Wildman–Crippen MR) is 103 cm³/mol. The average molecular weight is 351 g/mol. The van der Waals surface area contributed by atoms with E-state index in [1.165, 1.54) is 5.56 Å². The Labute approximate surface area is 152 Å². The molecule has 0 amide bonds. The quantitative estimate of drug-likeness (QED) is 0.759. The number of hydrogen-bond acceptors (Lipinski definition) is 5. The molecule has 25 heavy (non-hydrogen) atoms. The molecule has 3 aromatic rings. The second kappa shape index (κ2) is 7.68. The van der Waals surface area contributed by atoms with Crippen LogP contribution in [0, 0.1) is 0 Å². The molecule has 4 nitrogen and oxygen atoms in total. The Hall–Kier alpha value is -2.37. The molecule has 1 fully saturated rings. The minimum absolute atomic E-state index is 0.587. The maximum atomic E-state index is 5.85. The van der Waals surface area contributed by atoms with Crippen LogP contribution in [0.5, 0.6) is 5.75 Å². The maximum absolute atomic E-state index is 5.85. The van der Waals surface area contributed by atoms with Crippen LogP contribution in [0.2, 0.25) is 0 Å². The summed E-state index contributed by atoms with van der Waals surface area (Å²) in [6.45, 7) is 4.70. The van der Waals surface area contributed by atoms with Crippen LogP contribution in [-0.2, 0) is 6.61 Å². The molecule has 0 aliphatic carbocycles. The number of rotatable bonds is 5. The van der Waals surface area contributed by atoms with Crippen LogP contribution < -0.4 is 15.0 Å². The fourth-order valence-corrected chi connectivity index (χ4v) is 3.75. The lowest BCUT2D eigenvalue weighted by Crippen LogP contribution is -2.43. The van der Waals surface area contributed by atoms with Crippen molar-refractivity contribution in [3.63, 3.8) is 0 Å². The lowest BCUT2D eigenvalue weighted by molar-refractivity contribution is 0.306. The molecule has 2 aromatic carbocycles. The first-order valence-electron chi connectivity index (χ1n) is 8.57. The predicted octanol–water partition coefficient (Wildman–Crippen LogP) is 3.80. The van der Waals surface area contributed by atoms with E-state index in [4.69, 9.17) is 9.72 Å². The topological polar surface area (TPSA) is 37.4 Å². The molecular formula is C20H21N3OS. The molecule has 1 aromatic heterocycles. The van der Waals surface area contributed by atoms with Gasteiger partial charge in [-0.25, -0.2) is 4.98 Å². The van der Waals surface area contributed by atoms with Gasteiger partial charge in [-0.05, 0) is 29.8 Å². The van der Waals surface area contributed by atoms with Crippen molar-refractivity contribution in [1.29, 1.82) is 0 Å². The molecular weight excluding hydrogens is 330 g/mol. The van der Waals surface area contributed by atoms with E-state index in [-0.39, 0.29) is 0 Å². The van der Waals surface area contributed by atoms with Crippen LogP contribution in [0.1, 0.15) is 5.56 Å². The monoisotopic (exact) mass is 351 g/mol. The lowest BCUT2D eigenvalue weighted by atomic mass is 10.2. The van der Waals surface area contributed by atoms with Gasteiger partial charge in [0.1, 0.15) is 12.4 Å². The Balaban J connectivity index is 1.40. The molecule has 0 saturated carbocycles. The van der Waals surface area contributed by atoms with Crippen molar-refractivity contribution < 1.29 is 4.74 Å². The van der Waals surface area contributed by atoms with Crippen molar-refractivity contribution in [2.45, 2.75) is 6.61 Å². The summed E-state index contributed by atoms with van der Waals surface area (Å²) < 4.78 is 5.85. The zero-order valence-electron chi connectivity index (χ0n) is 14.0. The highest BCUT2D eigenvalue weighted by atomic mass is 32.1. The number of aromatic nitrogens is 1. The second-order valence-electron chi connectivity index (χ2n) is 6.05. The Morgan fingerprint density at radius 1 is 1.00 bits per heavy atom. The van der Waals surface area contributed by atoms with Gasteiger partial charge in [0.05, 0.1) is 5.69 Å². The highest BCUT2D eigenvalue weighted by Crippen LogP contribution is 2.28. The number of thiazole rings is 1. The van der Waals surface area contributed by atoms with Gasteiger partial charge in [0.15, 0.2) is 5.13 Å². The number of nitrogens with one attached hydrogen (secondary N) is 1. The third-order valence-corrected chi connectivity index (χ3v) is 5.18. The Kier molecular flexibility index (Phi) is 4.95. The van der Waals surface area contributed by atoms with Gasteiger partial charge in [0.2, 0.25) is 0 Å². The highest BCUT2D eigenvalue weighted by Gasteiger charge is 2.14. The first-order chi connectivity index (χ1) is 12.4. The zero-order valence-corrected chi connectivity index (χ0v) is 14.8. The van der Waals surface area contributed by atoms with Crippen LogP contribution in [0.25, 0.3) is 11.3 Å². The van der Waals surface area contributed by atoms with Gasteiger partial charge in [-0.15, -0.1) is 11.3 Å². The Bertz CT molecular complexity index is 795. The van der Waals surface area contributed by atoms with Crippen molar-refractivity contribution in [3.8, 4) is 17.0 Å². The van der Waals surface area contributed by atoms with Crippen molar-refractivity contribution in [3.05, 3.63) is 65.5 Å². The molecule has 0 atom stereocenters. The van der Waals surface area contributed by atoms with E-state index in [0.717, 1.165) is 48.3 Å². The van der Waals surface area contributed by atoms with Crippen LogP contribution in [-0.4, -0.2) is 31.2 Å². The molecule has 128 valence electrons. The van der Waals surface area contributed by atoms with Crippen LogP contribution in [0.4, 0.5) is 5.13 Å². The second-order valence-corrected chi connectivity index (χ2v) is 6.89. The summed E-state index contributed by atoms with van der Waals surface area (Å²) in [5.41, 5.74) is 3.34. The first-order valence-corrected chi connectivity index (χ1v) is 9.45. The summed E-state index contributed by atoms with van der Waals surface area (Å²) in [6, 6.07) is 18.4. The SMILES string of the molecule is c1ccc(COc2ccc(-c3csc(N4CCNCC4)n3)cc2)cc1. The molecule has 0 bridgehead atoms. The molecule has 1 saturated heterocycles. The third-order valence-electron chi connectivity index (χ3n) is 4.28. The summed E-state index contributed by atoms with van der Waals surface area (Å²) >= 11 is 1.72. The van der Waals surface area contributed by atoms with Crippen LogP contribution in [0.15, 0.2) is 60.0 Å². The van der Waals surface area contributed by atoms with Gasteiger partial charge >= 0.3 is 0 Å². The summed E-state index contributed by atoms with van der Waals surface area (Å²) in [5, 5.41) is 6.62. The van der Waals surface area contributed by atoms with Crippen molar-refractivity contribution in [1.82, 2.24) is 10.3 Å². The van der Waals surface area contributed by atoms with Gasteiger partial charge in [-0.1, -0.05) is 30.3 Å². The third kappa shape index (κ3) is 4.00. The highest BCUT2D eigenvalue weighted by molar-refractivity contribution is 7.14. The minimum Gasteiger partial charge on any atom is -0.489 e. The smallest absolute Gasteiger partial charge is 0.185 e. The van der Waals surface area contributed by atoms with Crippen LogP contribution in [0.3, 0.4) is 0 Å². The van der Waals surface area contributed by atoms with Crippen LogP contribution >= 0.6 is 11.3 Å². The van der Waals surface area contributed by atoms with E-state index in [9.17, 15) is 0 Å². The Morgan fingerprint density at radius 2 is 1.76 bits per heavy atom. The minimum atomic E-state index is 0.587. The Morgan fingerprint density at radius 3 is 2.52 bits per heavy atom. The number of anilines is 1. The number of ether oxygens (including phenoxy) is 1. The summed E-state index contributed by atoms with van der Waals surface area (Å²) in [4.78, 5) is 7.15. The average Bonchev–Trinajstić information content (AvgIpc) is 3.19. The van der Waals surface area contributed by atoms with Crippen molar-refractivity contribution in [2.24, 2.45) is 0 Å². The largest absolute Gasteiger partial charge is 0.489 e. The molecule has 4 rings (SSSR count). The zero-order chi connectivity index (χ0) is 16.9. The standard InChI is InChI=1S/C20H21N3OS/c1-2-4-16(5-3-1)14-24-18-8-6-17(7-9-18)19-15-25-20(22-19)23-12-10-21-11-13-23/h1-9,15,21H,10-14H2. The number of nitrogens with zero attached hydrogens (tertiary/aromatic N) is 2. The van der Waals surface area contributed by atoms with Gasteiger partial charge in [-0.3, -0.25) is 0 Å². The molecule has 5 heteroatoms. The normalized spacial score (nSPS) is 14.5. The number of benzene rings is 2. The molecule has 1 N–H and O–H groups in total. The molecule has 0 spiro atoms. The molecule has 0 unspecified atom stereocenters.